The van der Waals surface area contributed by atoms with Crippen molar-refractivity contribution in [1.82, 2.24) is 14.1 Å². The Morgan fingerprint density at radius 3 is 2.48 bits per heavy atom. The number of carbonyl (C=O) groups is 2. The molecule has 1 aliphatic heterocycles. The molecule has 1 N–H and O–H groups in total. The second-order valence-electron chi connectivity index (χ2n) is 10.7. The van der Waals surface area contributed by atoms with Gasteiger partial charge in [0, 0.05) is 13.6 Å². The molecule has 44 heavy (non-hydrogen) atoms. The summed E-state index contributed by atoms with van der Waals surface area (Å²) in [4.78, 5) is 25.0. The Labute approximate surface area is 257 Å². The minimum atomic E-state index is -4.04. The summed E-state index contributed by atoms with van der Waals surface area (Å²) in [5, 5.41) is 13.3. The van der Waals surface area contributed by atoms with Crippen LogP contribution in [0.5, 0.6) is 17.2 Å². The van der Waals surface area contributed by atoms with Crippen LogP contribution < -0.4 is 14.2 Å². The van der Waals surface area contributed by atoms with Gasteiger partial charge in [0.05, 0.1) is 25.6 Å². The maximum Gasteiger partial charge on any atom is 0.341 e. The SMILES string of the molecule is COc1ccc(CC[C@@H](OC(=O)C2CCCCN2S(=O)(=O)c2c(C)nn(C)c2C)c2cccc(OCC(=O)O)c2)cc1OC. The zero-order chi connectivity index (χ0) is 32.0. The van der Waals surface area contributed by atoms with Crippen molar-refractivity contribution in [3.8, 4) is 17.2 Å². The molecule has 1 aromatic heterocycles. The van der Waals surface area contributed by atoms with Gasteiger partial charge in [-0.05, 0) is 81.3 Å². The van der Waals surface area contributed by atoms with Crippen LogP contribution in [0.15, 0.2) is 47.4 Å². The molecule has 1 aliphatic rings. The second kappa shape index (κ2) is 14.1. The summed E-state index contributed by atoms with van der Waals surface area (Å²) < 4.78 is 52.8. The number of hydrogen-bond acceptors (Lipinski definition) is 9. The summed E-state index contributed by atoms with van der Waals surface area (Å²) in [5.41, 5.74) is 2.36. The van der Waals surface area contributed by atoms with Gasteiger partial charge in [-0.3, -0.25) is 9.48 Å². The number of methoxy groups -OCH3 is 2. The van der Waals surface area contributed by atoms with Crippen molar-refractivity contribution in [2.24, 2.45) is 7.05 Å². The quantitative estimate of drug-likeness (QED) is 0.276. The van der Waals surface area contributed by atoms with Crippen LogP contribution in [0, 0.1) is 13.8 Å². The van der Waals surface area contributed by atoms with Crippen LogP contribution in [0.1, 0.15) is 54.3 Å². The molecular formula is C31H39N3O9S. The van der Waals surface area contributed by atoms with E-state index in [1.165, 1.54) is 8.99 Å². The Morgan fingerprint density at radius 2 is 1.82 bits per heavy atom. The molecule has 0 spiro atoms. The third kappa shape index (κ3) is 7.33. The van der Waals surface area contributed by atoms with Gasteiger partial charge < -0.3 is 24.1 Å². The molecule has 4 rings (SSSR count). The zero-order valence-electron chi connectivity index (χ0n) is 25.6. The predicted molar refractivity (Wildman–Crippen MR) is 160 cm³/mol. The van der Waals surface area contributed by atoms with Crippen molar-refractivity contribution in [3.05, 3.63) is 65.0 Å². The van der Waals surface area contributed by atoms with E-state index in [9.17, 15) is 18.0 Å². The monoisotopic (exact) mass is 629 g/mol. The molecule has 2 atom stereocenters. The summed E-state index contributed by atoms with van der Waals surface area (Å²) in [6.45, 7) is 2.99. The van der Waals surface area contributed by atoms with Crippen LogP contribution >= 0.6 is 0 Å². The lowest BCUT2D eigenvalue weighted by Gasteiger charge is -2.34. The minimum absolute atomic E-state index is 0.105. The van der Waals surface area contributed by atoms with Gasteiger partial charge in [0.1, 0.15) is 22.8 Å². The van der Waals surface area contributed by atoms with Crippen molar-refractivity contribution >= 4 is 22.0 Å². The molecule has 0 aliphatic carbocycles. The van der Waals surface area contributed by atoms with Gasteiger partial charge in [-0.15, -0.1) is 0 Å². The number of sulfonamides is 1. The number of benzene rings is 2. The molecule has 238 valence electrons. The van der Waals surface area contributed by atoms with E-state index >= 15 is 0 Å². The number of nitrogens with zero attached hydrogens (tertiary/aromatic N) is 3. The van der Waals surface area contributed by atoms with Gasteiger partial charge in [-0.1, -0.05) is 18.2 Å². The van der Waals surface area contributed by atoms with Gasteiger partial charge in [0.15, 0.2) is 18.1 Å². The molecule has 0 amide bonds. The van der Waals surface area contributed by atoms with Gasteiger partial charge in [-0.25, -0.2) is 13.2 Å². The Hall–Kier alpha value is -4.10. The van der Waals surface area contributed by atoms with Crippen molar-refractivity contribution < 1.29 is 42.1 Å². The predicted octanol–water partition coefficient (Wildman–Crippen LogP) is 3.98. The lowest BCUT2D eigenvalue weighted by molar-refractivity contribution is -0.155. The molecule has 3 aromatic rings. The normalized spacial score (nSPS) is 16.2. The molecule has 13 heteroatoms. The van der Waals surface area contributed by atoms with Gasteiger partial charge in [-0.2, -0.15) is 9.40 Å². The number of carbonyl (C=O) groups excluding carboxylic acids is 1. The third-order valence-electron chi connectivity index (χ3n) is 7.73. The molecule has 2 aromatic carbocycles. The Kier molecular flexibility index (Phi) is 10.5. The number of hydrogen-bond donors (Lipinski definition) is 1. The van der Waals surface area contributed by atoms with Crippen LogP contribution in [0.25, 0.3) is 0 Å². The molecule has 0 bridgehead atoms. The molecule has 1 fully saturated rings. The van der Waals surface area contributed by atoms with Crippen LogP contribution in [-0.2, 0) is 37.8 Å². The molecule has 2 heterocycles. The van der Waals surface area contributed by atoms with Crippen molar-refractivity contribution in [2.75, 3.05) is 27.4 Å². The number of esters is 1. The number of rotatable bonds is 13. The average molecular weight is 630 g/mol. The highest BCUT2D eigenvalue weighted by molar-refractivity contribution is 7.89. The lowest BCUT2D eigenvalue weighted by atomic mass is 10.00. The maximum atomic E-state index is 13.9. The van der Waals surface area contributed by atoms with Crippen LogP contribution in [0.2, 0.25) is 0 Å². The fraction of sp³-hybridized carbons (Fsp3) is 0.452. The molecular weight excluding hydrogens is 590 g/mol. The topological polar surface area (TPSA) is 146 Å². The van der Waals surface area contributed by atoms with E-state index in [0.29, 0.717) is 66.3 Å². The lowest BCUT2D eigenvalue weighted by Crippen LogP contribution is -2.49. The fourth-order valence-electron chi connectivity index (χ4n) is 5.47. The van der Waals surface area contributed by atoms with E-state index in [1.807, 2.05) is 12.1 Å². The van der Waals surface area contributed by atoms with E-state index < -0.39 is 40.7 Å². The van der Waals surface area contributed by atoms with Crippen LogP contribution in [0.3, 0.4) is 0 Å². The van der Waals surface area contributed by atoms with E-state index in [2.05, 4.69) is 5.10 Å². The first-order valence-corrected chi connectivity index (χ1v) is 15.8. The summed E-state index contributed by atoms with van der Waals surface area (Å²) in [7, 11) is 0.743. The highest BCUT2D eigenvalue weighted by Gasteiger charge is 2.41. The van der Waals surface area contributed by atoms with E-state index in [4.69, 9.17) is 24.1 Å². The van der Waals surface area contributed by atoms with Crippen molar-refractivity contribution in [1.29, 1.82) is 0 Å². The first kappa shape index (κ1) is 32.8. The largest absolute Gasteiger partial charge is 0.493 e. The maximum absolute atomic E-state index is 13.9. The fourth-order valence-corrected chi connectivity index (χ4v) is 7.52. The zero-order valence-corrected chi connectivity index (χ0v) is 26.4. The number of piperidine rings is 1. The molecule has 0 radical (unpaired) electrons. The third-order valence-corrected chi connectivity index (χ3v) is 9.89. The summed E-state index contributed by atoms with van der Waals surface area (Å²) >= 11 is 0. The van der Waals surface area contributed by atoms with Crippen LogP contribution in [0.4, 0.5) is 0 Å². The van der Waals surface area contributed by atoms with Crippen molar-refractivity contribution in [2.45, 2.75) is 63.0 Å². The second-order valence-corrected chi connectivity index (χ2v) is 12.5. The number of aryl methyl sites for hydroxylation is 3. The van der Waals surface area contributed by atoms with E-state index in [0.717, 1.165) is 5.56 Å². The molecule has 12 nitrogen and oxygen atoms in total. The smallest absolute Gasteiger partial charge is 0.341 e. The van der Waals surface area contributed by atoms with E-state index in [-0.39, 0.29) is 11.4 Å². The minimum Gasteiger partial charge on any atom is -0.493 e. The molecule has 1 unspecified atom stereocenters. The number of carboxylic acids is 1. The van der Waals surface area contributed by atoms with Crippen LogP contribution in [-0.4, -0.2) is 73.0 Å². The van der Waals surface area contributed by atoms with Gasteiger partial charge >= 0.3 is 11.9 Å². The standard InChI is InChI=1S/C31H39N3O9S/c1-20-30(21(2)33(3)32-20)44(38,39)34-16-7-6-11-25(34)31(37)43-26(23-9-8-10-24(18-23)42-19-29(35)36)14-12-22-13-15-27(40-4)28(17-22)41-5/h8-10,13,15,17-18,25-26H,6-7,11-12,14,16,19H2,1-5H3,(H,35,36)/t25?,26-/m1/s1. The Morgan fingerprint density at radius 1 is 1.07 bits per heavy atom. The van der Waals surface area contributed by atoms with E-state index in [1.54, 1.807) is 65.4 Å². The number of aliphatic carboxylic acids is 1. The number of ether oxygens (including phenoxy) is 4. The highest BCUT2D eigenvalue weighted by atomic mass is 32.2. The number of aromatic nitrogens is 2. The highest BCUT2D eigenvalue weighted by Crippen LogP contribution is 2.34. The average Bonchev–Trinajstić information content (AvgIpc) is 3.28. The summed E-state index contributed by atoms with van der Waals surface area (Å²) in [6.07, 6.45) is 1.67. The number of carboxylic acid groups (broad SMARTS) is 1. The van der Waals surface area contributed by atoms with Crippen molar-refractivity contribution in [3.63, 3.8) is 0 Å². The van der Waals surface area contributed by atoms with Gasteiger partial charge in [0.2, 0.25) is 10.0 Å². The molecule has 0 saturated carbocycles. The summed E-state index contributed by atoms with van der Waals surface area (Å²) in [6, 6.07) is 11.2. The van der Waals surface area contributed by atoms with Gasteiger partial charge in [0.25, 0.3) is 0 Å². The summed E-state index contributed by atoms with van der Waals surface area (Å²) in [5.74, 6) is -0.320. The molecule has 1 saturated heterocycles. The first-order chi connectivity index (χ1) is 21.0. The Bertz CT molecular complexity index is 1600. The first-order valence-electron chi connectivity index (χ1n) is 14.3. The Balaban J connectivity index is 1.63.